The van der Waals surface area contributed by atoms with Crippen LogP contribution in [0.1, 0.15) is 0 Å². The van der Waals surface area contributed by atoms with Crippen molar-refractivity contribution in [2.24, 2.45) is 0 Å². The van der Waals surface area contributed by atoms with Crippen molar-refractivity contribution in [3.63, 3.8) is 0 Å². The van der Waals surface area contributed by atoms with Gasteiger partial charge in [0, 0.05) is 23.2 Å². The topological polar surface area (TPSA) is 56.7 Å². The van der Waals surface area contributed by atoms with E-state index < -0.39 is 0 Å². The Labute approximate surface area is 115 Å². The molecule has 0 spiro atoms. The minimum Gasteiger partial charge on any atom is -0.384 e. The molecule has 0 bridgehead atoms. The summed E-state index contributed by atoms with van der Waals surface area (Å²) < 4.78 is 2.02. The zero-order valence-electron chi connectivity index (χ0n) is 10.7. The highest BCUT2D eigenvalue weighted by Gasteiger charge is 2.06. The molecule has 4 rings (SSSR count). The average molecular weight is 260 g/mol. The van der Waals surface area contributed by atoms with Crippen LogP contribution in [0.2, 0.25) is 0 Å². The van der Waals surface area contributed by atoms with Gasteiger partial charge in [-0.2, -0.15) is 0 Å². The summed E-state index contributed by atoms with van der Waals surface area (Å²) in [5.41, 5.74) is 6.71. The molecule has 3 aromatic heterocycles. The molecule has 0 aliphatic rings. The first-order chi connectivity index (χ1) is 9.81. The number of nitrogens with zero attached hydrogens (tertiary/aromatic N) is 3. The fourth-order valence-electron chi connectivity index (χ4n) is 2.45. The van der Waals surface area contributed by atoms with Crippen LogP contribution in [0, 0.1) is 0 Å². The molecule has 4 nitrogen and oxygen atoms in total. The smallest absolute Gasteiger partial charge is 0.137 e. The number of anilines is 1. The van der Waals surface area contributed by atoms with E-state index in [1.54, 1.807) is 6.20 Å². The number of hydrogen-bond donors (Lipinski definition) is 1. The van der Waals surface area contributed by atoms with Crippen LogP contribution in [0.3, 0.4) is 0 Å². The molecule has 20 heavy (non-hydrogen) atoms. The molecule has 0 unspecified atom stereocenters. The van der Waals surface area contributed by atoms with E-state index in [0.717, 1.165) is 22.1 Å². The minimum absolute atomic E-state index is 0.529. The van der Waals surface area contributed by atoms with Crippen LogP contribution in [0.4, 0.5) is 5.82 Å². The summed E-state index contributed by atoms with van der Waals surface area (Å²) >= 11 is 0. The second kappa shape index (κ2) is 4.06. The van der Waals surface area contributed by atoms with Gasteiger partial charge in [0.15, 0.2) is 0 Å². The monoisotopic (exact) mass is 260 g/mol. The van der Waals surface area contributed by atoms with Crippen LogP contribution in [0.25, 0.3) is 27.5 Å². The predicted octanol–water partition coefficient (Wildman–Crippen LogP) is 3.16. The first kappa shape index (κ1) is 11.0. The Morgan fingerprint density at radius 1 is 0.850 bits per heavy atom. The quantitative estimate of drug-likeness (QED) is 0.572. The van der Waals surface area contributed by atoms with Crippen LogP contribution in [-0.4, -0.2) is 14.5 Å². The lowest BCUT2D eigenvalue weighted by Crippen LogP contribution is -1.96. The van der Waals surface area contributed by atoms with Crippen LogP contribution in [0.5, 0.6) is 0 Å². The summed E-state index contributed by atoms with van der Waals surface area (Å²) in [7, 11) is 0. The van der Waals surface area contributed by atoms with Crippen LogP contribution in [0.15, 0.2) is 61.1 Å². The lowest BCUT2D eigenvalue weighted by atomic mass is 10.2. The number of hydrogen-bond acceptors (Lipinski definition) is 3. The molecule has 0 saturated carbocycles. The molecular formula is C16H12N4. The minimum atomic E-state index is 0.529. The van der Waals surface area contributed by atoms with E-state index >= 15 is 0 Å². The summed E-state index contributed by atoms with van der Waals surface area (Å²) in [6.45, 7) is 0. The number of fused-ring (bicyclic) bond motifs is 2. The van der Waals surface area contributed by atoms with Gasteiger partial charge in [-0.15, -0.1) is 0 Å². The van der Waals surface area contributed by atoms with Crippen molar-refractivity contribution in [2.75, 3.05) is 5.73 Å². The maximum Gasteiger partial charge on any atom is 0.137 e. The second-order valence-electron chi connectivity index (χ2n) is 4.74. The molecule has 0 aliphatic heterocycles. The van der Waals surface area contributed by atoms with Crippen LogP contribution >= 0.6 is 0 Å². The van der Waals surface area contributed by atoms with Gasteiger partial charge in [0.2, 0.25) is 0 Å². The number of rotatable bonds is 1. The lowest BCUT2D eigenvalue weighted by Gasteiger charge is -2.06. The van der Waals surface area contributed by atoms with Crippen molar-refractivity contribution < 1.29 is 0 Å². The molecule has 0 amide bonds. The molecule has 4 heteroatoms. The van der Waals surface area contributed by atoms with Gasteiger partial charge in [-0.25, -0.2) is 9.97 Å². The molecule has 2 N–H and O–H groups in total. The molecule has 3 heterocycles. The van der Waals surface area contributed by atoms with Gasteiger partial charge in [-0.05, 0) is 23.6 Å². The van der Waals surface area contributed by atoms with Gasteiger partial charge in [-0.1, -0.05) is 24.3 Å². The van der Waals surface area contributed by atoms with Crippen molar-refractivity contribution in [3.8, 4) is 5.82 Å². The van der Waals surface area contributed by atoms with Crippen molar-refractivity contribution in [1.82, 2.24) is 14.5 Å². The van der Waals surface area contributed by atoms with Gasteiger partial charge in [-0.3, -0.25) is 4.57 Å². The van der Waals surface area contributed by atoms with E-state index in [9.17, 15) is 0 Å². The van der Waals surface area contributed by atoms with Gasteiger partial charge < -0.3 is 5.73 Å². The number of benzene rings is 1. The molecule has 0 aliphatic carbocycles. The van der Waals surface area contributed by atoms with E-state index in [0.29, 0.717) is 5.82 Å². The zero-order valence-corrected chi connectivity index (χ0v) is 10.7. The maximum absolute atomic E-state index is 5.71. The maximum atomic E-state index is 5.71. The third-order valence-electron chi connectivity index (χ3n) is 3.46. The van der Waals surface area contributed by atoms with Gasteiger partial charge in [0.05, 0.1) is 11.7 Å². The van der Waals surface area contributed by atoms with Crippen molar-refractivity contribution in [2.45, 2.75) is 0 Å². The highest BCUT2D eigenvalue weighted by molar-refractivity contribution is 5.85. The van der Waals surface area contributed by atoms with E-state index in [-0.39, 0.29) is 0 Å². The third-order valence-corrected chi connectivity index (χ3v) is 3.46. The Hall–Kier alpha value is -2.88. The van der Waals surface area contributed by atoms with Crippen LogP contribution in [-0.2, 0) is 0 Å². The van der Waals surface area contributed by atoms with Gasteiger partial charge in [0.25, 0.3) is 0 Å². The first-order valence-corrected chi connectivity index (χ1v) is 6.39. The number of aromatic nitrogens is 3. The molecule has 0 radical (unpaired) electrons. The average Bonchev–Trinajstić information content (AvgIpc) is 2.89. The predicted molar refractivity (Wildman–Crippen MR) is 80.8 cm³/mol. The van der Waals surface area contributed by atoms with Crippen molar-refractivity contribution in [3.05, 3.63) is 61.1 Å². The zero-order chi connectivity index (χ0) is 13.5. The lowest BCUT2D eigenvalue weighted by molar-refractivity contribution is 1.05. The molecule has 0 atom stereocenters. The van der Waals surface area contributed by atoms with Gasteiger partial charge >= 0.3 is 0 Å². The summed E-state index contributed by atoms with van der Waals surface area (Å²) in [6, 6.07) is 14.1. The normalized spacial score (nSPS) is 11.2. The second-order valence-corrected chi connectivity index (χ2v) is 4.74. The molecule has 1 aromatic carbocycles. The Kier molecular flexibility index (Phi) is 2.23. The Morgan fingerprint density at radius 2 is 1.70 bits per heavy atom. The Bertz CT molecular complexity index is 924. The summed E-state index contributed by atoms with van der Waals surface area (Å²) in [4.78, 5) is 8.68. The number of nitrogen functional groups attached to an aromatic ring is 1. The largest absolute Gasteiger partial charge is 0.384 e. The van der Waals surface area contributed by atoms with Crippen molar-refractivity contribution in [1.29, 1.82) is 0 Å². The van der Waals surface area contributed by atoms with E-state index in [1.807, 2.05) is 41.2 Å². The standard InChI is InChI=1S/C16H12N4/c17-15-7-12-5-6-20(14(12)10-18-15)16-8-11-3-1-2-4-13(11)9-19-16/h1-10H,(H2,17,18). The van der Waals surface area contributed by atoms with Gasteiger partial charge in [0.1, 0.15) is 11.6 Å². The summed E-state index contributed by atoms with van der Waals surface area (Å²) in [5, 5.41) is 3.37. The third kappa shape index (κ3) is 1.62. The fraction of sp³-hybridized carbons (Fsp3) is 0. The van der Waals surface area contributed by atoms with E-state index in [2.05, 4.69) is 28.2 Å². The Morgan fingerprint density at radius 3 is 2.60 bits per heavy atom. The molecule has 4 aromatic rings. The molecule has 96 valence electrons. The highest BCUT2D eigenvalue weighted by atomic mass is 15.1. The molecular weight excluding hydrogens is 248 g/mol. The SMILES string of the molecule is Nc1cc2ccn(-c3cc4ccccc4cn3)c2cn1. The van der Waals surface area contributed by atoms with E-state index in [1.165, 1.54) is 5.39 Å². The van der Waals surface area contributed by atoms with Crippen molar-refractivity contribution >= 4 is 27.5 Å². The Balaban J connectivity index is 1.96. The number of nitrogens with two attached hydrogens (primary N) is 1. The molecule has 0 fully saturated rings. The number of pyridine rings is 2. The summed E-state index contributed by atoms with van der Waals surface area (Å²) in [5.74, 6) is 1.41. The summed E-state index contributed by atoms with van der Waals surface area (Å²) in [6.07, 6.45) is 5.66. The highest BCUT2D eigenvalue weighted by Crippen LogP contribution is 2.22. The van der Waals surface area contributed by atoms with E-state index in [4.69, 9.17) is 5.73 Å². The fourth-order valence-corrected chi connectivity index (χ4v) is 2.45. The first-order valence-electron chi connectivity index (χ1n) is 6.39. The molecule has 0 saturated heterocycles. The van der Waals surface area contributed by atoms with Crippen LogP contribution < -0.4 is 5.73 Å².